The van der Waals surface area contributed by atoms with Crippen molar-refractivity contribution in [1.82, 2.24) is 14.8 Å². The Morgan fingerprint density at radius 2 is 2.11 bits per heavy atom. The maximum Gasteiger partial charge on any atom is 0.129 e. The van der Waals surface area contributed by atoms with Gasteiger partial charge in [-0.2, -0.15) is 5.10 Å². The highest BCUT2D eigenvalue weighted by molar-refractivity contribution is 5.81. The molecule has 0 radical (unpaired) electrons. The fourth-order valence-electron chi connectivity index (χ4n) is 2.15. The molecule has 0 aliphatic heterocycles. The van der Waals surface area contributed by atoms with E-state index in [4.69, 9.17) is 0 Å². The number of anilines is 1. The predicted molar refractivity (Wildman–Crippen MR) is 77.0 cm³/mol. The van der Waals surface area contributed by atoms with Crippen molar-refractivity contribution in [2.45, 2.75) is 13.5 Å². The topological polar surface area (TPSA) is 42.7 Å². The molecule has 0 aliphatic carbocycles. The molecule has 0 bridgehead atoms. The highest BCUT2D eigenvalue weighted by atomic mass is 15.2. The lowest BCUT2D eigenvalue weighted by Crippen LogP contribution is -2.02. The number of aromatic nitrogens is 3. The first kappa shape index (κ1) is 11.7. The van der Waals surface area contributed by atoms with Crippen LogP contribution in [0.25, 0.3) is 10.9 Å². The second kappa shape index (κ2) is 4.72. The summed E-state index contributed by atoms with van der Waals surface area (Å²) in [6.07, 6.45) is 3.87. The van der Waals surface area contributed by atoms with E-state index in [1.165, 1.54) is 5.39 Å². The molecule has 4 nitrogen and oxygen atoms in total. The van der Waals surface area contributed by atoms with Gasteiger partial charge in [-0.15, -0.1) is 0 Å². The summed E-state index contributed by atoms with van der Waals surface area (Å²) in [6.45, 7) is 2.81. The molecule has 4 heteroatoms. The van der Waals surface area contributed by atoms with Crippen molar-refractivity contribution in [1.29, 1.82) is 0 Å². The lowest BCUT2D eigenvalue weighted by Gasteiger charge is -2.09. The number of pyridine rings is 1. The van der Waals surface area contributed by atoms with Crippen LogP contribution in [-0.2, 0) is 13.6 Å². The fourth-order valence-corrected chi connectivity index (χ4v) is 2.15. The zero-order chi connectivity index (χ0) is 13.2. The van der Waals surface area contributed by atoms with E-state index in [0.29, 0.717) is 0 Å². The van der Waals surface area contributed by atoms with Crippen molar-refractivity contribution in [2.24, 2.45) is 7.05 Å². The molecular formula is C15H16N4. The number of benzene rings is 1. The Bertz CT molecular complexity index is 715. The smallest absolute Gasteiger partial charge is 0.129 e. The highest BCUT2D eigenvalue weighted by Gasteiger charge is 2.03. The SMILES string of the molecule is Cc1cc2ccccc2nc1NCc1cnn(C)c1. The van der Waals surface area contributed by atoms with Crippen LogP contribution in [0.15, 0.2) is 42.7 Å². The van der Waals surface area contributed by atoms with Crippen molar-refractivity contribution in [3.05, 3.63) is 53.9 Å². The van der Waals surface area contributed by atoms with Gasteiger partial charge in [0.05, 0.1) is 11.7 Å². The minimum atomic E-state index is 0.736. The number of hydrogen-bond acceptors (Lipinski definition) is 3. The molecule has 0 saturated carbocycles. The van der Waals surface area contributed by atoms with Gasteiger partial charge in [0.25, 0.3) is 0 Å². The monoisotopic (exact) mass is 252 g/mol. The molecule has 2 heterocycles. The lowest BCUT2D eigenvalue weighted by atomic mass is 10.1. The van der Waals surface area contributed by atoms with Crippen molar-refractivity contribution in [3.63, 3.8) is 0 Å². The first-order valence-electron chi connectivity index (χ1n) is 6.30. The van der Waals surface area contributed by atoms with E-state index in [0.717, 1.165) is 29.0 Å². The predicted octanol–water partition coefficient (Wildman–Crippen LogP) is 2.89. The van der Waals surface area contributed by atoms with Gasteiger partial charge in [-0.25, -0.2) is 4.98 Å². The molecule has 3 rings (SSSR count). The van der Waals surface area contributed by atoms with E-state index in [1.807, 2.05) is 37.6 Å². The summed E-state index contributed by atoms with van der Waals surface area (Å²) in [6, 6.07) is 10.3. The molecular weight excluding hydrogens is 236 g/mol. The van der Waals surface area contributed by atoms with Gasteiger partial charge < -0.3 is 5.32 Å². The van der Waals surface area contributed by atoms with E-state index < -0.39 is 0 Å². The fraction of sp³-hybridized carbons (Fsp3) is 0.200. The Balaban J connectivity index is 1.86. The maximum atomic E-state index is 4.66. The second-order valence-electron chi connectivity index (χ2n) is 4.72. The Kier molecular flexibility index (Phi) is 2.91. The zero-order valence-corrected chi connectivity index (χ0v) is 11.1. The zero-order valence-electron chi connectivity index (χ0n) is 11.1. The van der Waals surface area contributed by atoms with Crippen molar-refractivity contribution in [3.8, 4) is 0 Å². The quantitative estimate of drug-likeness (QED) is 0.779. The molecule has 19 heavy (non-hydrogen) atoms. The van der Waals surface area contributed by atoms with Gasteiger partial charge in [0.15, 0.2) is 0 Å². The molecule has 0 atom stereocenters. The Morgan fingerprint density at radius 3 is 2.89 bits per heavy atom. The molecule has 96 valence electrons. The van der Waals surface area contributed by atoms with Crippen LogP contribution in [0.2, 0.25) is 0 Å². The van der Waals surface area contributed by atoms with Crippen LogP contribution in [0.1, 0.15) is 11.1 Å². The molecule has 2 aromatic heterocycles. The highest BCUT2D eigenvalue weighted by Crippen LogP contribution is 2.19. The average Bonchev–Trinajstić information content (AvgIpc) is 2.82. The van der Waals surface area contributed by atoms with E-state index in [9.17, 15) is 0 Å². The van der Waals surface area contributed by atoms with Crippen LogP contribution < -0.4 is 5.32 Å². The third kappa shape index (κ3) is 2.42. The van der Waals surface area contributed by atoms with Gasteiger partial charge >= 0.3 is 0 Å². The number of nitrogens with one attached hydrogen (secondary N) is 1. The molecule has 0 fully saturated rings. The van der Waals surface area contributed by atoms with Gasteiger partial charge in [-0.05, 0) is 24.6 Å². The van der Waals surface area contributed by atoms with E-state index in [2.05, 4.69) is 34.5 Å². The van der Waals surface area contributed by atoms with E-state index in [1.54, 1.807) is 4.68 Å². The first-order valence-corrected chi connectivity index (χ1v) is 6.30. The number of hydrogen-bond donors (Lipinski definition) is 1. The second-order valence-corrected chi connectivity index (χ2v) is 4.72. The van der Waals surface area contributed by atoms with Crippen molar-refractivity contribution >= 4 is 16.7 Å². The van der Waals surface area contributed by atoms with Crippen LogP contribution in [-0.4, -0.2) is 14.8 Å². The summed E-state index contributed by atoms with van der Waals surface area (Å²) >= 11 is 0. The van der Waals surface area contributed by atoms with Crippen LogP contribution in [0, 0.1) is 6.92 Å². The summed E-state index contributed by atoms with van der Waals surface area (Å²) in [5.74, 6) is 0.933. The third-order valence-corrected chi connectivity index (χ3v) is 3.13. The average molecular weight is 252 g/mol. The Labute approximate surface area is 112 Å². The van der Waals surface area contributed by atoms with Crippen LogP contribution in [0.5, 0.6) is 0 Å². The molecule has 0 aliphatic rings. The third-order valence-electron chi connectivity index (χ3n) is 3.13. The van der Waals surface area contributed by atoms with Crippen LogP contribution in [0.3, 0.4) is 0 Å². The minimum absolute atomic E-state index is 0.736. The van der Waals surface area contributed by atoms with Crippen molar-refractivity contribution in [2.75, 3.05) is 5.32 Å². The lowest BCUT2D eigenvalue weighted by molar-refractivity contribution is 0.767. The Morgan fingerprint density at radius 1 is 1.26 bits per heavy atom. The summed E-state index contributed by atoms with van der Waals surface area (Å²) in [5.41, 5.74) is 3.32. The Hall–Kier alpha value is -2.36. The molecule has 0 saturated heterocycles. The number of rotatable bonds is 3. The molecule has 0 amide bonds. The summed E-state index contributed by atoms with van der Waals surface area (Å²) in [7, 11) is 1.92. The number of fused-ring (bicyclic) bond motifs is 1. The van der Waals surface area contributed by atoms with Gasteiger partial charge in [0, 0.05) is 30.7 Å². The molecule has 1 aromatic carbocycles. The van der Waals surface area contributed by atoms with Crippen LogP contribution in [0.4, 0.5) is 5.82 Å². The van der Waals surface area contributed by atoms with E-state index in [-0.39, 0.29) is 0 Å². The number of nitrogens with zero attached hydrogens (tertiary/aromatic N) is 3. The molecule has 3 aromatic rings. The van der Waals surface area contributed by atoms with Gasteiger partial charge in [-0.3, -0.25) is 4.68 Å². The molecule has 0 spiro atoms. The summed E-state index contributed by atoms with van der Waals surface area (Å²) in [5, 5.41) is 8.70. The summed E-state index contributed by atoms with van der Waals surface area (Å²) < 4.78 is 1.80. The van der Waals surface area contributed by atoms with Crippen LogP contribution >= 0.6 is 0 Å². The first-order chi connectivity index (χ1) is 9.22. The minimum Gasteiger partial charge on any atom is -0.366 e. The largest absolute Gasteiger partial charge is 0.366 e. The van der Waals surface area contributed by atoms with E-state index >= 15 is 0 Å². The van der Waals surface area contributed by atoms with Gasteiger partial charge in [0.2, 0.25) is 0 Å². The normalized spacial score (nSPS) is 10.8. The molecule has 1 N–H and O–H groups in total. The summed E-state index contributed by atoms with van der Waals surface area (Å²) in [4.78, 5) is 4.66. The maximum absolute atomic E-state index is 4.66. The van der Waals surface area contributed by atoms with Gasteiger partial charge in [0.1, 0.15) is 5.82 Å². The standard InChI is InChI=1S/C15H16N4/c1-11-7-13-5-3-4-6-14(13)18-15(11)16-8-12-9-17-19(2)10-12/h3-7,9-10H,8H2,1-2H3,(H,16,18). The number of para-hydroxylation sites is 1. The molecule has 0 unspecified atom stereocenters. The number of aryl methyl sites for hydroxylation is 2. The van der Waals surface area contributed by atoms with Crippen molar-refractivity contribution < 1.29 is 0 Å². The van der Waals surface area contributed by atoms with Gasteiger partial charge in [-0.1, -0.05) is 18.2 Å².